The molecule has 0 aliphatic carbocycles. The van der Waals surface area contributed by atoms with Gasteiger partial charge in [0.2, 0.25) is 0 Å². The number of halogens is 3. The lowest BCUT2D eigenvalue weighted by Gasteiger charge is -2.45. The Morgan fingerprint density at radius 3 is 2.58 bits per heavy atom. The molecule has 2 aromatic rings. The summed E-state index contributed by atoms with van der Waals surface area (Å²) in [6, 6.07) is 13.2. The molecule has 136 valence electrons. The summed E-state index contributed by atoms with van der Waals surface area (Å²) in [5, 5.41) is 0. The van der Waals surface area contributed by atoms with Crippen LogP contribution < -0.4 is 0 Å². The fraction of sp³-hybridized carbons (Fsp3) is 0.381. The summed E-state index contributed by atoms with van der Waals surface area (Å²) in [6.07, 6.45) is 2.87. The van der Waals surface area contributed by atoms with Gasteiger partial charge in [0.05, 0.1) is 11.3 Å². The van der Waals surface area contributed by atoms with Crippen LogP contribution in [0.15, 0.2) is 54.7 Å². The van der Waals surface area contributed by atoms with Crippen LogP contribution in [0.5, 0.6) is 0 Å². The van der Waals surface area contributed by atoms with E-state index in [9.17, 15) is 13.2 Å². The molecule has 1 saturated heterocycles. The highest BCUT2D eigenvalue weighted by atomic mass is 19.4. The van der Waals surface area contributed by atoms with E-state index in [4.69, 9.17) is 0 Å². The first-order valence-corrected chi connectivity index (χ1v) is 9.05. The predicted octanol–water partition coefficient (Wildman–Crippen LogP) is 5.31. The number of hydrogen-bond donors (Lipinski definition) is 0. The first kappa shape index (κ1) is 17.3. The van der Waals surface area contributed by atoms with Crippen molar-refractivity contribution in [2.24, 2.45) is 0 Å². The molecular weight excluding hydrogens is 337 g/mol. The van der Waals surface area contributed by atoms with Crippen LogP contribution in [0.4, 0.5) is 13.2 Å². The smallest absolute Gasteiger partial charge is 0.289 e. The van der Waals surface area contributed by atoms with Gasteiger partial charge in [-0.05, 0) is 42.5 Å². The van der Waals surface area contributed by atoms with E-state index in [-0.39, 0.29) is 17.8 Å². The summed E-state index contributed by atoms with van der Waals surface area (Å²) < 4.78 is 40.1. The molecular formula is C21H21F3N2. The third kappa shape index (κ3) is 3.40. The van der Waals surface area contributed by atoms with Gasteiger partial charge in [0, 0.05) is 24.8 Å². The molecule has 0 N–H and O–H groups in total. The molecule has 0 spiro atoms. The van der Waals surface area contributed by atoms with E-state index in [1.807, 2.05) is 24.3 Å². The van der Waals surface area contributed by atoms with Crippen molar-refractivity contribution < 1.29 is 13.2 Å². The molecule has 1 aromatic carbocycles. The highest BCUT2D eigenvalue weighted by Gasteiger charge is 2.38. The topological polar surface area (TPSA) is 16.1 Å². The van der Waals surface area contributed by atoms with Crippen LogP contribution >= 0.6 is 0 Å². The fourth-order valence-corrected chi connectivity index (χ4v) is 4.22. The van der Waals surface area contributed by atoms with E-state index < -0.39 is 11.7 Å². The number of fused-ring (bicyclic) bond motifs is 2. The maximum Gasteiger partial charge on any atom is 0.418 e. The number of hydrogen-bond acceptors (Lipinski definition) is 2. The van der Waals surface area contributed by atoms with Gasteiger partial charge in [-0.2, -0.15) is 13.2 Å². The van der Waals surface area contributed by atoms with Crippen LogP contribution in [-0.2, 0) is 12.7 Å². The molecule has 1 aromatic heterocycles. The molecule has 0 amide bonds. The molecule has 2 aliphatic heterocycles. The van der Waals surface area contributed by atoms with Gasteiger partial charge in [-0.15, -0.1) is 0 Å². The Kier molecular flexibility index (Phi) is 4.57. The van der Waals surface area contributed by atoms with Crippen LogP contribution in [0, 0.1) is 0 Å². The summed E-state index contributed by atoms with van der Waals surface area (Å²) >= 11 is 0. The minimum atomic E-state index is -4.37. The second kappa shape index (κ2) is 6.88. The quantitative estimate of drug-likeness (QED) is 0.739. The van der Waals surface area contributed by atoms with Crippen LogP contribution in [0.2, 0.25) is 0 Å². The summed E-state index contributed by atoms with van der Waals surface area (Å²) in [5.74, 6) is 0. The molecule has 2 atom stereocenters. The van der Waals surface area contributed by atoms with Gasteiger partial charge in [0.25, 0.3) is 0 Å². The predicted molar refractivity (Wildman–Crippen MR) is 95.2 cm³/mol. The van der Waals surface area contributed by atoms with Crippen molar-refractivity contribution in [2.45, 2.75) is 50.5 Å². The average molecular weight is 358 g/mol. The van der Waals surface area contributed by atoms with Gasteiger partial charge < -0.3 is 0 Å². The highest BCUT2D eigenvalue weighted by Crippen LogP contribution is 2.41. The Bertz CT molecular complexity index is 798. The zero-order valence-electron chi connectivity index (χ0n) is 14.4. The molecule has 0 saturated carbocycles. The lowest BCUT2D eigenvalue weighted by Crippen LogP contribution is -2.47. The van der Waals surface area contributed by atoms with E-state index in [1.165, 1.54) is 17.8 Å². The van der Waals surface area contributed by atoms with E-state index in [0.717, 1.165) is 37.4 Å². The Labute approximate surface area is 151 Å². The van der Waals surface area contributed by atoms with E-state index in [2.05, 4.69) is 22.0 Å². The number of aromatic nitrogens is 1. The van der Waals surface area contributed by atoms with Crippen molar-refractivity contribution in [2.75, 3.05) is 0 Å². The number of piperidine rings is 1. The van der Waals surface area contributed by atoms with E-state index in [0.29, 0.717) is 6.42 Å². The lowest BCUT2D eigenvalue weighted by atomic mass is 9.83. The second-order valence-corrected chi connectivity index (χ2v) is 7.10. The summed E-state index contributed by atoms with van der Waals surface area (Å²) in [7, 11) is 0. The Hall–Kier alpha value is -2.14. The van der Waals surface area contributed by atoms with Gasteiger partial charge in [0.1, 0.15) is 0 Å². The largest absolute Gasteiger partial charge is 0.418 e. The Morgan fingerprint density at radius 2 is 1.85 bits per heavy atom. The van der Waals surface area contributed by atoms with Crippen LogP contribution in [0.1, 0.15) is 42.5 Å². The van der Waals surface area contributed by atoms with Gasteiger partial charge in [0.15, 0.2) is 0 Å². The highest BCUT2D eigenvalue weighted by molar-refractivity contribution is 5.68. The fourth-order valence-electron chi connectivity index (χ4n) is 4.22. The standard InChI is InChI=1S/C21H21F3N2/c22-21(23,24)19-10-5-11-25-20(19)16-12-17-8-4-9-18(13-16)26(17)14-15-6-2-1-3-7-15/h1-3,5-7,10-12,17-18H,4,8-9,13-14H2. The van der Waals surface area contributed by atoms with Crippen molar-refractivity contribution in [3.63, 3.8) is 0 Å². The Morgan fingerprint density at radius 1 is 1.04 bits per heavy atom. The molecule has 2 unspecified atom stereocenters. The minimum absolute atomic E-state index is 0.108. The van der Waals surface area contributed by atoms with Crippen LogP contribution in [0.3, 0.4) is 0 Å². The molecule has 26 heavy (non-hydrogen) atoms. The summed E-state index contributed by atoms with van der Waals surface area (Å²) in [6.45, 7) is 0.842. The number of nitrogens with zero attached hydrogens (tertiary/aromatic N) is 2. The van der Waals surface area contributed by atoms with E-state index >= 15 is 0 Å². The first-order valence-electron chi connectivity index (χ1n) is 9.05. The molecule has 1 fully saturated rings. The van der Waals surface area contributed by atoms with Gasteiger partial charge in [-0.1, -0.05) is 42.8 Å². The van der Waals surface area contributed by atoms with Gasteiger partial charge >= 0.3 is 6.18 Å². The van der Waals surface area contributed by atoms with E-state index in [1.54, 1.807) is 0 Å². The minimum Gasteiger partial charge on any atom is -0.289 e. The molecule has 3 heterocycles. The maximum atomic E-state index is 13.4. The normalized spacial score (nSPS) is 23.6. The summed E-state index contributed by atoms with van der Waals surface area (Å²) in [4.78, 5) is 6.54. The first-order chi connectivity index (χ1) is 12.5. The molecule has 4 rings (SSSR count). The van der Waals surface area contributed by atoms with Gasteiger partial charge in [-0.25, -0.2) is 0 Å². The number of rotatable bonds is 3. The molecule has 2 aliphatic rings. The molecule has 2 nitrogen and oxygen atoms in total. The van der Waals surface area contributed by atoms with Crippen molar-refractivity contribution in [1.29, 1.82) is 0 Å². The van der Waals surface area contributed by atoms with Crippen molar-refractivity contribution in [3.05, 3.63) is 71.6 Å². The Balaban J connectivity index is 1.65. The van der Waals surface area contributed by atoms with Crippen LogP contribution in [-0.4, -0.2) is 22.0 Å². The zero-order valence-corrected chi connectivity index (χ0v) is 14.4. The monoisotopic (exact) mass is 358 g/mol. The number of alkyl halides is 3. The lowest BCUT2D eigenvalue weighted by molar-refractivity contribution is -0.138. The van der Waals surface area contributed by atoms with Crippen molar-refractivity contribution in [3.8, 4) is 0 Å². The van der Waals surface area contributed by atoms with Gasteiger partial charge in [-0.3, -0.25) is 9.88 Å². The third-order valence-electron chi connectivity index (χ3n) is 5.41. The maximum absolute atomic E-state index is 13.4. The third-order valence-corrected chi connectivity index (χ3v) is 5.41. The molecule has 2 bridgehead atoms. The molecule has 0 radical (unpaired) electrons. The zero-order chi connectivity index (χ0) is 18.1. The average Bonchev–Trinajstić information content (AvgIpc) is 2.62. The van der Waals surface area contributed by atoms with Crippen LogP contribution in [0.25, 0.3) is 5.57 Å². The van der Waals surface area contributed by atoms with Crippen molar-refractivity contribution in [1.82, 2.24) is 9.88 Å². The molecule has 5 heteroatoms. The SMILES string of the molecule is FC(F)(F)c1cccnc1C1=CC2CCCC(C1)N2Cc1ccccc1. The van der Waals surface area contributed by atoms with Crippen molar-refractivity contribution >= 4 is 5.57 Å². The number of pyridine rings is 1. The second-order valence-electron chi connectivity index (χ2n) is 7.10. The summed E-state index contributed by atoms with van der Waals surface area (Å²) in [5.41, 5.74) is 1.48. The number of benzene rings is 1.